The highest BCUT2D eigenvalue weighted by Crippen LogP contribution is 1.91. The molecule has 3 amide bonds. The molecule has 0 heterocycles. The van der Waals surface area contributed by atoms with Crippen molar-refractivity contribution >= 4 is 17.9 Å². The second-order valence-electron chi connectivity index (χ2n) is 3.64. The fourth-order valence-corrected chi connectivity index (χ4v) is 1.06. The van der Waals surface area contributed by atoms with E-state index in [9.17, 15) is 14.4 Å². The van der Waals surface area contributed by atoms with E-state index in [2.05, 4.69) is 10.6 Å². The van der Waals surface area contributed by atoms with Gasteiger partial charge in [-0.15, -0.1) is 0 Å². The SMILES string of the molecule is CCN(C)C(=O)CNC(=O)N[C@@H](CCO)C(=O)O. The Morgan fingerprint density at radius 3 is 2.39 bits per heavy atom. The molecule has 0 rings (SSSR count). The van der Waals surface area contributed by atoms with Crippen molar-refractivity contribution in [3.63, 3.8) is 0 Å². The van der Waals surface area contributed by atoms with Gasteiger partial charge >= 0.3 is 12.0 Å². The lowest BCUT2D eigenvalue weighted by molar-refractivity contribution is -0.139. The lowest BCUT2D eigenvalue weighted by Crippen LogP contribution is -2.48. The zero-order valence-corrected chi connectivity index (χ0v) is 10.5. The first kappa shape index (κ1) is 16.2. The third-order valence-corrected chi connectivity index (χ3v) is 2.32. The topological polar surface area (TPSA) is 119 Å². The van der Waals surface area contributed by atoms with Crippen LogP contribution in [0.25, 0.3) is 0 Å². The summed E-state index contributed by atoms with van der Waals surface area (Å²) in [7, 11) is 1.59. The average molecular weight is 261 g/mol. The number of carbonyl (C=O) groups is 3. The highest BCUT2D eigenvalue weighted by molar-refractivity contribution is 5.86. The van der Waals surface area contributed by atoms with Crippen LogP contribution in [-0.4, -0.2) is 65.8 Å². The molecule has 104 valence electrons. The fourth-order valence-electron chi connectivity index (χ4n) is 1.06. The summed E-state index contributed by atoms with van der Waals surface area (Å²) < 4.78 is 0. The fraction of sp³-hybridized carbons (Fsp3) is 0.700. The van der Waals surface area contributed by atoms with E-state index in [0.717, 1.165) is 0 Å². The minimum absolute atomic E-state index is 0.0917. The number of amides is 3. The van der Waals surface area contributed by atoms with Gasteiger partial charge in [0.1, 0.15) is 6.04 Å². The zero-order valence-electron chi connectivity index (χ0n) is 10.5. The maximum Gasteiger partial charge on any atom is 0.326 e. The van der Waals surface area contributed by atoms with E-state index < -0.39 is 18.0 Å². The smallest absolute Gasteiger partial charge is 0.326 e. The van der Waals surface area contributed by atoms with Crippen LogP contribution in [0, 0.1) is 0 Å². The number of aliphatic carboxylic acids is 1. The van der Waals surface area contributed by atoms with Crippen LogP contribution in [0.5, 0.6) is 0 Å². The summed E-state index contributed by atoms with van der Waals surface area (Å²) in [6.07, 6.45) is -0.0917. The molecule has 0 aromatic heterocycles. The molecular weight excluding hydrogens is 242 g/mol. The maximum absolute atomic E-state index is 11.4. The molecule has 0 bridgehead atoms. The Hall–Kier alpha value is -1.83. The Morgan fingerprint density at radius 1 is 1.33 bits per heavy atom. The van der Waals surface area contributed by atoms with Crippen molar-refractivity contribution in [3.8, 4) is 0 Å². The number of urea groups is 1. The number of carboxylic acids is 1. The number of carbonyl (C=O) groups excluding carboxylic acids is 2. The van der Waals surface area contributed by atoms with Crippen molar-refractivity contribution in [1.29, 1.82) is 0 Å². The van der Waals surface area contributed by atoms with Crippen molar-refractivity contribution in [2.24, 2.45) is 0 Å². The predicted molar refractivity (Wildman–Crippen MR) is 63.0 cm³/mol. The largest absolute Gasteiger partial charge is 0.480 e. The Bertz CT molecular complexity index is 308. The summed E-state index contributed by atoms with van der Waals surface area (Å²) in [5.41, 5.74) is 0. The van der Waals surface area contributed by atoms with Gasteiger partial charge < -0.3 is 25.7 Å². The molecule has 0 spiro atoms. The molecule has 0 radical (unpaired) electrons. The van der Waals surface area contributed by atoms with Gasteiger partial charge in [-0.25, -0.2) is 9.59 Å². The standard InChI is InChI=1S/C10H19N3O5/c1-3-13(2)8(15)6-11-10(18)12-7(4-5-14)9(16)17/h7,14H,3-6H2,1-2H3,(H,16,17)(H2,11,12,18)/t7-/m0/s1. The van der Waals surface area contributed by atoms with Gasteiger partial charge in [0.15, 0.2) is 0 Å². The lowest BCUT2D eigenvalue weighted by Gasteiger charge is -2.16. The normalized spacial score (nSPS) is 11.5. The quantitative estimate of drug-likeness (QED) is 0.449. The molecule has 1 atom stereocenters. The van der Waals surface area contributed by atoms with E-state index in [1.54, 1.807) is 14.0 Å². The first-order valence-corrected chi connectivity index (χ1v) is 5.54. The molecule has 0 aliphatic carbocycles. The van der Waals surface area contributed by atoms with Gasteiger partial charge in [-0.1, -0.05) is 0 Å². The zero-order chi connectivity index (χ0) is 14.1. The molecule has 4 N–H and O–H groups in total. The number of nitrogens with zero attached hydrogens (tertiary/aromatic N) is 1. The summed E-state index contributed by atoms with van der Waals surface area (Å²) in [5, 5.41) is 21.8. The predicted octanol–water partition coefficient (Wildman–Crippen LogP) is -1.40. The first-order valence-electron chi connectivity index (χ1n) is 5.54. The number of nitrogens with one attached hydrogen (secondary N) is 2. The molecule has 0 saturated heterocycles. The Kier molecular flexibility index (Phi) is 7.45. The minimum atomic E-state index is -1.24. The number of rotatable bonds is 7. The van der Waals surface area contributed by atoms with Crippen molar-refractivity contribution in [2.45, 2.75) is 19.4 Å². The van der Waals surface area contributed by atoms with Gasteiger partial charge in [0.05, 0.1) is 6.54 Å². The molecule has 0 saturated carbocycles. The molecule has 0 unspecified atom stereocenters. The molecular formula is C10H19N3O5. The van der Waals surface area contributed by atoms with Crippen molar-refractivity contribution in [3.05, 3.63) is 0 Å². The van der Waals surface area contributed by atoms with Crippen LogP contribution in [0.4, 0.5) is 4.79 Å². The van der Waals surface area contributed by atoms with Crippen LogP contribution in [0.3, 0.4) is 0 Å². The number of aliphatic hydroxyl groups is 1. The number of aliphatic hydroxyl groups excluding tert-OH is 1. The Balaban J connectivity index is 4.10. The molecule has 8 nitrogen and oxygen atoms in total. The summed E-state index contributed by atoms with van der Waals surface area (Å²) in [4.78, 5) is 34.8. The van der Waals surface area contributed by atoms with Crippen molar-refractivity contribution < 1.29 is 24.6 Å². The minimum Gasteiger partial charge on any atom is -0.480 e. The van der Waals surface area contributed by atoms with E-state index in [4.69, 9.17) is 10.2 Å². The monoisotopic (exact) mass is 261 g/mol. The van der Waals surface area contributed by atoms with Gasteiger partial charge in [-0.2, -0.15) is 0 Å². The Morgan fingerprint density at radius 2 is 1.94 bits per heavy atom. The van der Waals surface area contributed by atoms with Gasteiger partial charge in [0.2, 0.25) is 5.91 Å². The van der Waals surface area contributed by atoms with Crippen LogP contribution in [-0.2, 0) is 9.59 Å². The first-order chi connectivity index (χ1) is 8.42. The second kappa shape index (κ2) is 8.29. The van der Waals surface area contributed by atoms with E-state index in [0.29, 0.717) is 6.54 Å². The molecule has 0 aromatic rings. The van der Waals surface area contributed by atoms with Gasteiger partial charge in [0, 0.05) is 26.6 Å². The second-order valence-corrected chi connectivity index (χ2v) is 3.64. The van der Waals surface area contributed by atoms with Crippen LogP contribution >= 0.6 is 0 Å². The number of carboxylic acid groups (broad SMARTS) is 1. The van der Waals surface area contributed by atoms with Gasteiger partial charge in [-0.3, -0.25) is 4.79 Å². The van der Waals surface area contributed by atoms with Gasteiger partial charge in [-0.05, 0) is 6.92 Å². The maximum atomic E-state index is 11.4. The van der Waals surface area contributed by atoms with Crippen LogP contribution < -0.4 is 10.6 Å². The summed E-state index contributed by atoms with van der Waals surface area (Å²) in [6.45, 7) is 1.75. The molecule has 0 aromatic carbocycles. The lowest BCUT2D eigenvalue weighted by atomic mass is 10.2. The molecule has 8 heteroatoms. The van der Waals surface area contributed by atoms with E-state index in [1.165, 1.54) is 4.90 Å². The van der Waals surface area contributed by atoms with E-state index in [1.807, 2.05) is 0 Å². The molecule has 18 heavy (non-hydrogen) atoms. The molecule has 0 aliphatic rings. The Labute approximate surface area is 105 Å². The van der Waals surface area contributed by atoms with Crippen LogP contribution in [0.2, 0.25) is 0 Å². The van der Waals surface area contributed by atoms with Crippen LogP contribution in [0.1, 0.15) is 13.3 Å². The third kappa shape index (κ3) is 6.04. The van der Waals surface area contributed by atoms with Crippen molar-refractivity contribution in [1.82, 2.24) is 15.5 Å². The number of hydrogen-bond donors (Lipinski definition) is 4. The highest BCUT2D eigenvalue weighted by atomic mass is 16.4. The molecule has 0 aliphatic heterocycles. The highest BCUT2D eigenvalue weighted by Gasteiger charge is 2.19. The average Bonchev–Trinajstić information content (AvgIpc) is 2.34. The summed E-state index contributed by atoms with van der Waals surface area (Å²) >= 11 is 0. The van der Waals surface area contributed by atoms with Gasteiger partial charge in [0.25, 0.3) is 0 Å². The third-order valence-electron chi connectivity index (χ3n) is 2.32. The number of hydrogen-bond acceptors (Lipinski definition) is 4. The van der Waals surface area contributed by atoms with Crippen molar-refractivity contribution in [2.75, 3.05) is 26.7 Å². The number of likely N-dealkylation sites (N-methyl/N-ethyl adjacent to an activating group) is 1. The summed E-state index contributed by atoms with van der Waals surface area (Å²) in [5.74, 6) is -1.52. The molecule has 0 fully saturated rings. The summed E-state index contributed by atoms with van der Waals surface area (Å²) in [6, 6.07) is -1.93. The van der Waals surface area contributed by atoms with Crippen LogP contribution in [0.15, 0.2) is 0 Å². The van der Waals surface area contributed by atoms with E-state index in [-0.39, 0.29) is 25.5 Å². The van der Waals surface area contributed by atoms with E-state index >= 15 is 0 Å².